The van der Waals surface area contributed by atoms with E-state index in [1.807, 2.05) is 6.07 Å². The van der Waals surface area contributed by atoms with Crippen molar-refractivity contribution in [2.24, 2.45) is 0 Å². The van der Waals surface area contributed by atoms with Crippen molar-refractivity contribution < 1.29 is 9.90 Å². The van der Waals surface area contributed by atoms with Gasteiger partial charge in [-0.1, -0.05) is 6.92 Å². The van der Waals surface area contributed by atoms with E-state index in [1.54, 1.807) is 27.0 Å². The molecule has 1 aromatic heterocycles. The quantitative estimate of drug-likeness (QED) is 0.834. The first-order valence-corrected chi connectivity index (χ1v) is 5.21. The van der Waals surface area contributed by atoms with E-state index in [2.05, 4.69) is 9.97 Å². The van der Waals surface area contributed by atoms with Crippen molar-refractivity contribution in [1.29, 1.82) is 5.26 Å². The molecule has 6 nitrogen and oxygen atoms in total. The Balaban J connectivity index is 3.11. The highest BCUT2D eigenvalue weighted by molar-refractivity contribution is 5.77. The molecule has 1 N–H and O–H groups in total. The van der Waals surface area contributed by atoms with Crippen LogP contribution in [0.5, 0.6) is 0 Å². The Labute approximate surface area is 99.5 Å². The van der Waals surface area contributed by atoms with Gasteiger partial charge in [-0.05, 0) is 19.4 Å². The van der Waals surface area contributed by atoms with Crippen molar-refractivity contribution in [3.05, 3.63) is 17.5 Å². The molecule has 1 heterocycles. The summed E-state index contributed by atoms with van der Waals surface area (Å²) in [6.07, 6.45) is 0.436. The van der Waals surface area contributed by atoms with Gasteiger partial charge in [-0.2, -0.15) is 5.26 Å². The summed E-state index contributed by atoms with van der Waals surface area (Å²) in [6.45, 7) is 3.51. The van der Waals surface area contributed by atoms with Crippen molar-refractivity contribution >= 4 is 11.9 Å². The zero-order chi connectivity index (χ0) is 13.0. The maximum absolute atomic E-state index is 11.0. The third kappa shape index (κ3) is 2.91. The summed E-state index contributed by atoms with van der Waals surface area (Å²) in [4.78, 5) is 20.6. The third-order valence-electron chi connectivity index (χ3n) is 2.41. The molecule has 0 spiro atoms. The number of aliphatic carboxylic acids is 1. The first-order valence-electron chi connectivity index (χ1n) is 5.21. The maximum atomic E-state index is 11.0. The molecule has 1 aromatic rings. The predicted octanol–water partition coefficient (Wildman–Crippen LogP) is 0.956. The van der Waals surface area contributed by atoms with Crippen LogP contribution in [0.1, 0.15) is 24.7 Å². The molecule has 0 aliphatic carbocycles. The second kappa shape index (κ2) is 5.25. The van der Waals surface area contributed by atoms with Crippen molar-refractivity contribution in [3.63, 3.8) is 0 Å². The fourth-order valence-corrected chi connectivity index (χ4v) is 1.52. The first-order chi connectivity index (χ1) is 7.99. The lowest BCUT2D eigenvalue weighted by atomic mass is 10.2. The summed E-state index contributed by atoms with van der Waals surface area (Å²) in [6, 6.07) is 2.79. The number of nitrogens with zero attached hydrogens (tertiary/aromatic N) is 4. The molecule has 0 radical (unpaired) electrons. The highest BCUT2D eigenvalue weighted by Crippen LogP contribution is 2.13. The number of carboxylic acids is 1. The van der Waals surface area contributed by atoms with Crippen molar-refractivity contribution in [3.8, 4) is 6.07 Å². The monoisotopic (exact) mass is 234 g/mol. The second-order valence-electron chi connectivity index (χ2n) is 3.68. The van der Waals surface area contributed by atoms with Crippen LogP contribution in [0, 0.1) is 18.3 Å². The first kappa shape index (κ1) is 12.9. The van der Waals surface area contributed by atoms with Crippen molar-refractivity contribution in [1.82, 2.24) is 9.97 Å². The standard InChI is InChI=1S/C11H14N4O2/c1-4-9(10(16)17)15(3)11-13-7(2)5-8(6-12)14-11/h5,9H,4H2,1-3H3,(H,16,17). The number of aryl methyl sites for hydroxylation is 1. The average Bonchev–Trinajstić information content (AvgIpc) is 2.28. The molecule has 1 atom stereocenters. The predicted molar refractivity (Wildman–Crippen MR) is 61.6 cm³/mol. The topological polar surface area (TPSA) is 90.1 Å². The van der Waals surface area contributed by atoms with Gasteiger partial charge in [-0.3, -0.25) is 0 Å². The minimum Gasteiger partial charge on any atom is -0.480 e. The van der Waals surface area contributed by atoms with Gasteiger partial charge in [0.05, 0.1) is 0 Å². The Hall–Kier alpha value is -2.16. The Morgan fingerprint density at radius 1 is 1.65 bits per heavy atom. The van der Waals surface area contributed by atoms with E-state index >= 15 is 0 Å². The lowest BCUT2D eigenvalue weighted by Gasteiger charge is -2.23. The van der Waals surface area contributed by atoms with Crippen molar-refractivity contribution in [2.45, 2.75) is 26.3 Å². The van der Waals surface area contributed by atoms with Gasteiger partial charge in [0.15, 0.2) is 0 Å². The number of rotatable bonds is 4. The molecule has 0 amide bonds. The minimum absolute atomic E-state index is 0.236. The maximum Gasteiger partial charge on any atom is 0.326 e. The number of nitriles is 1. The van der Waals surface area contributed by atoms with E-state index < -0.39 is 12.0 Å². The average molecular weight is 234 g/mol. The molecule has 0 bridgehead atoms. The summed E-state index contributed by atoms with van der Waals surface area (Å²) in [7, 11) is 1.61. The van der Waals surface area contributed by atoms with Crippen molar-refractivity contribution in [2.75, 3.05) is 11.9 Å². The Morgan fingerprint density at radius 3 is 2.76 bits per heavy atom. The molecule has 90 valence electrons. The lowest BCUT2D eigenvalue weighted by Crippen LogP contribution is -2.39. The molecular formula is C11H14N4O2. The van der Waals surface area contributed by atoms with Gasteiger partial charge in [-0.15, -0.1) is 0 Å². The van der Waals surface area contributed by atoms with Crippen LogP contribution in [0.3, 0.4) is 0 Å². The van der Waals surface area contributed by atoms with E-state index in [0.29, 0.717) is 12.1 Å². The van der Waals surface area contributed by atoms with Crippen LogP contribution in [-0.4, -0.2) is 34.1 Å². The van der Waals surface area contributed by atoms with Gasteiger partial charge in [0.1, 0.15) is 17.8 Å². The van der Waals surface area contributed by atoms with Crippen LogP contribution in [0.4, 0.5) is 5.95 Å². The molecule has 0 fully saturated rings. The fraction of sp³-hybridized carbons (Fsp3) is 0.455. The molecule has 0 saturated heterocycles. The largest absolute Gasteiger partial charge is 0.480 e. The molecule has 0 aromatic carbocycles. The van der Waals surface area contributed by atoms with Crippen LogP contribution >= 0.6 is 0 Å². The van der Waals surface area contributed by atoms with Gasteiger partial charge < -0.3 is 10.0 Å². The SMILES string of the molecule is CCC(C(=O)O)N(C)c1nc(C)cc(C#N)n1. The lowest BCUT2D eigenvalue weighted by molar-refractivity contribution is -0.138. The summed E-state index contributed by atoms with van der Waals surface area (Å²) >= 11 is 0. The molecular weight excluding hydrogens is 220 g/mol. The van der Waals surface area contributed by atoms with Gasteiger partial charge in [0.25, 0.3) is 0 Å². The fourth-order valence-electron chi connectivity index (χ4n) is 1.52. The molecule has 0 aliphatic heterocycles. The highest BCUT2D eigenvalue weighted by Gasteiger charge is 2.23. The Kier molecular flexibility index (Phi) is 3.99. The van der Waals surface area contributed by atoms with Crippen LogP contribution in [0.25, 0.3) is 0 Å². The van der Waals surface area contributed by atoms with E-state index in [-0.39, 0.29) is 11.6 Å². The molecule has 1 unspecified atom stereocenters. The van der Waals surface area contributed by atoms with Gasteiger partial charge in [0.2, 0.25) is 5.95 Å². The second-order valence-corrected chi connectivity index (χ2v) is 3.68. The summed E-state index contributed by atoms with van der Waals surface area (Å²) in [5, 5.41) is 17.8. The van der Waals surface area contributed by atoms with Crippen LogP contribution in [0.15, 0.2) is 6.07 Å². The summed E-state index contributed by atoms with van der Waals surface area (Å²) in [5.41, 5.74) is 0.873. The zero-order valence-electron chi connectivity index (χ0n) is 10.0. The third-order valence-corrected chi connectivity index (χ3v) is 2.41. The van der Waals surface area contributed by atoms with E-state index in [0.717, 1.165) is 0 Å². The number of anilines is 1. The number of carbonyl (C=O) groups is 1. The van der Waals surface area contributed by atoms with E-state index in [9.17, 15) is 4.79 Å². The summed E-state index contributed by atoms with van der Waals surface area (Å²) in [5.74, 6) is -0.672. The Bertz CT molecular complexity index is 467. The normalized spacial score (nSPS) is 11.6. The Morgan fingerprint density at radius 2 is 2.29 bits per heavy atom. The van der Waals surface area contributed by atoms with Gasteiger partial charge in [-0.25, -0.2) is 14.8 Å². The number of likely N-dealkylation sites (N-methyl/N-ethyl adjacent to an activating group) is 1. The van der Waals surface area contributed by atoms with E-state index in [1.165, 1.54) is 4.90 Å². The smallest absolute Gasteiger partial charge is 0.326 e. The molecule has 1 rings (SSSR count). The van der Waals surface area contributed by atoms with Crippen LogP contribution < -0.4 is 4.90 Å². The zero-order valence-corrected chi connectivity index (χ0v) is 10.0. The number of aromatic nitrogens is 2. The van der Waals surface area contributed by atoms with Gasteiger partial charge in [0, 0.05) is 12.7 Å². The number of hydrogen-bond acceptors (Lipinski definition) is 5. The molecule has 0 aliphatic rings. The van der Waals surface area contributed by atoms with Crippen LogP contribution in [-0.2, 0) is 4.79 Å². The molecule has 6 heteroatoms. The molecule has 0 saturated carbocycles. The minimum atomic E-state index is -0.932. The molecule has 17 heavy (non-hydrogen) atoms. The van der Waals surface area contributed by atoms with Gasteiger partial charge >= 0.3 is 5.97 Å². The number of carboxylic acid groups (broad SMARTS) is 1. The number of hydrogen-bond donors (Lipinski definition) is 1. The van der Waals surface area contributed by atoms with Crippen LogP contribution in [0.2, 0.25) is 0 Å². The highest BCUT2D eigenvalue weighted by atomic mass is 16.4. The van der Waals surface area contributed by atoms with E-state index in [4.69, 9.17) is 10.4 Å². The summed E-state index contributed by atoms with van der Waals surface area (Å²) < 4.78 is 0.